The largest absolute Gasteiger partial charge is 0.348 e. The number of nitrogens with zero attached hydrogens (tertiary/aromatic N) is 1. The molecule has 0 heterocycles. The van der Waals surface area contributed by atoms with E-state index in [1.165, 1.54) is 12.1 Å². The Balaban J connectivity index is 1.86. The summed E-state index contributed by atoms with van der Waals surface area (Å²) in [6.45, 7) is 3.33. The van der Waals surface area contributed by atoms with Crippen LogP contribution in [0.3, 0.4) is 0 Å². The van der Waals surface area contributed by atoms with E-state index >= 15 is 0 Å². The van der Waals surface area contributed by atoms with Crippen molar-refractivity contribution in [3.63, 3.8) is 0 Å². The minimum Gasteiger partial charge on any atom is -0.348 e. The van der Waals surface area contributed by atoms with Gasteiger partial charge in [-0.25, -0.2) is 8.42 Å². The zero-order chi connectivity index (χ0) is 24.2. The lowest BCUT2D eigenvalue weighted by atomic mass is 10.1. The Bertz CT molecular complexity index is 1250. The first-order valence-corrected chi connectivity index (χ1v) is 13.1. The van der Waals surface area contributed by atoms with Crippen molar-refractivity contribution in [2.75, 3.05) is 6.54 Å². The van der Waals surface area contributed by atoms with E-state index in [0.717, 1.165) is 19.9 Å². The van der Waals surface area contributed by atoms with Crippen LogP contribution in [0.2, 0.25) is 10.0 Å². The predicted molar refractivity (Wildman–Crippen MR) is 136 cm³/mol. The van der Waals surface area contributed by atoms with E-state index < -0.39 is 15.9 Å². The monoisotopic (exact) mass is 568 g/mol. The predicted octanol–water partition coefficient (Wildman–Crippen LogP) is 6.13. The van der Waals surface area contributed by atoms with Gasteiger partial charge in [-0.15, -0.1) is 0 Å². The lowest BCUT2D eigenvalue weighted by Gasteiger charge is -2.23. The van der Waals surface area contributed by atoms with Crippen molar-refractivity contribution in [2.24, 2.45) is 0 Å². The summed E-state index contributed by atoms with van der Waals surface area (Å²) >= 11 is 15.5. The number of hydrogen-bond acceptors (Lipinski definition) is 3. The van der Waals surface area contributed by atoms with Crippen molar-refractivity contribution in [3.8, 4) is 0 Å². The van der Waals surface area contributed by atoms with Gasteiger partial charge in [-0.05, 0) is 61.4 Å². The number of benzene rings is 3. The summed E-state index contributed by atoms with van der Waals surface area (Å²) in [6, 6.07) is 18.7. The van der Waals surface area contributed by atoms with Gasteiger partial charge in [0.05, 0.1) is 27.5 Å². The van der Waals surface area contributed by atoms with Crippen LogP contribution in [0.15, 0.2) is 76.1 Å². The molecule has 0 aliphatic rings. The fourth-order valence-corrected chi connectivity index (χ4v) is 5.36. The van der Waals surface area contributed by atoms with Crippen LogP contribution in [0.1, 0.15) is 29.7 Å². The number of carbonyl (C=O) groups is 1. The molecule has 174 valence electrons. The molecule has 0 saturated heterocycles. The SMILES string of the molecule is Cc1ccc(S(=O)(=O)N(CC(=O)N[C@@H](C)c2cccc(Br)c2)Cc2ccc(Cl)c(Cl)c2)cc1. The second kappa shape index (κ2) is 11.0. The van der Waals surface area contributed by atoms with E-state index in [2.05, 4.69) is 21.2 Å². The number of hydrogen-bond donors (Lipinski definition) is 1. The van der Waals surface area contributed by atoms with E-state index in [4.69, 9.17) is 23.2 Å². The summed E-state index contributed by atoms with van der Waals surface area (Å²) in [6.07, 6.45) is 0. The molecule has 0 radical (unpaired) electrons. The number of aryl methyl sites for hydroxylation is 1. The molecule has 0 aromatic heterocycles. The normalized spacial score (nSPS) is 12.5. The maximum absolute atomic E-state index is 13.4. The van der Waals surface area contributed by atoms with Gasteiger partial charge in [-0.2, -0.15) is 4.31 Å². The smallest absolute Gasteiger partial charge is 0.243 e. The van der Waals surface area contributed by atoms with Crippen LogP contribution in [-0.2, 0) is 21.4 Å². The molecular formula is C24H23BrCl2N2O3S. The van der Waals surface area contributed by atoms with Crippen molar-refractivity contribution in [3.05, 3.63) is 97.9 Å². The number of carbonyl (C=O) groups excluding carboxylic acids is 1. The van der Waals surface area contributed by atoms with Crippen molar-refractivity contribution in [2.45, 2.75) is 31.3 Å². The first-order valence-electron chi connectivity index (χ1n) is 10.1. The molecule has 1 N–H and O–H groups in total. The molecule has 0 saturated carbocycles. The van der Waals surface area contributed by atoms with Gasteiger partial charge in [0.15, 0.2) is 0 Å². The van der Waals surface area contributed by atoms with Crippen molar-refractivity contribution >= 4 is 55.1 Å². The van der Waals surface area contributed by atoms with E-state index in [1.807, 2.05) is 38.1 Å². The first-order chi connectivity index (χ1) is 15.6. The van der Waals surface area contributed by atoms with Gasteiger partial charge in [0, 0.05) is 11.0 Å². The lowest BCUT2D eigenvalue weighted by Crippen LogP contribution is -2.41. The van der Waals surface area contributed by atoms with Crippen LogP contribution < -0.4 is 5.32 Å². The lowest BCUT2D eigenvalue weighted by molar-refractivity contribution is -0.122. The third-order valence-corrected chi connectivity index (χ3v) is 8.09. The number of nitrogens with one attached hydrogen (secondary N) is 1. The molecule has 3 aromatic carbocycles. The Hall–Kier alpha value is -1.90. The molecular weight excluding hydrogens is 547 g/mol. The van der Waals surface area contributed by atoms with E-state index in [0.29, 0.717) is 15.6 Å². The molecule has 3 rings (SSSR count). The Morgan fingerprint density at radius 1 is 1.03 bits per heavy atom. The molecule has 3 aromatic rings. The van der Waals surface area contributed by atoms with Crippen LogP contribution in [0, 0.1) is 6.92 Å². The Morgan fingerprint density at radius 3 is 2.36 bits per heavy atom. The highest BCUT2D eigenvalue weighted by Gasteiger charge is 2.27. The zero-order valence-corrected chi connectivity index (χ0v) is 22.0. The molecule has 0 aliphatic carbocycles. The number of rotatable bonds is 8. The average molecular weight is 570 g/mol. The molecule has 5 nitrogen and oxygen atoms in total. The molecule has 0 bridgehead atoms. The van der Waals surface area contributed by atoms with Crippen molar-refractivity contribution in [1.29, 1.82) is 0 Å². The highest BCUT2D eigenvalue weighted by molar-refractivity contribution is 9.10. The average Bonchev–Trinajstić information content (AvgIpc) is 2.76. The maximum atomic E-state index is 13.4. The molecule has 9 heteroatoms. The van der Waals surface area contributed by atoms with Gasteiger partial charge in [0.1, 0.15) is 0 Å². The first kappa shape index (κ1) is 25.7. The second-order valence-electron chi connectivity index (χ2n) is 7.68. The molecule has 0 fully saturated rings. The Morgan fingerprint density at radius 2 is 1.73 bits per heavy atom. The third-order valence-electron chi connectivity index (χ3n) is 5.05. The molecule has 0 spiro atoms. The standard InChI is InChI=1S/C24H23BrCl2N2O3S/c1-16-6-9-21(10-7-16)33(31,32)29(14-18-8-11-22(26)23(27)12-18)15-24(30)28-17(2)19-4-3-5-20(25)13-19/h3-13,17H,14-15H2,1-2H3,(H,28,30)/t17-/m0/s1. The maximum Gasteiger partial charge on any atom is 0.243 e. The van der Waals surface area contributed by atoms with Crippen LogP contribution in [-0.4, -0.2) is 25.2 Å². The molecule has 1 atom stereocenters. The number of sulfonamides is 1. The fraction of sp³-hybridized carbons (Fsp3) is 0.208. The summed E-state index contributed by atoms with van der Waals surface area (Å²) in [5.74, 6) is -0.418. The van der Waals surface area contributed by atoms with E-state index in [-0.39, 0.29) is 24.0 Å². The Kier molecular flexibility index (Phi) is 8.59. The van der Waals surface area contributed by atoms with Gasteiger partial charge in [-0.1, -0.05) is 75.0 Å². The highest BCUT2D eigenvalue weighted by Crippen LogP contribution is 2.25. The minimum atomic E-state index is -3.95. The molecule has 0 unspecified atom stereocenters. The van der Waals surface area contributed by atoms with Gasteiger partial charge in [0.2, 0.25) is 15.9 Å². The topological polar surface area (TPSA) is 66.5 Å². The number of amides is 1. The molecule has 0 aliphatic heterocycles. The summed E-state index contributed by atoms with van der Waals surface area (Å²) in [5.41, 5.74) is 2.45. The summed E-state index contributed by atoms with van der Waals surface area (Å²) in [4.78, 5) is 13.0. The Labute approximate surface area is 212 Å². The fourth-order valence-electron chi connectivity index (χ4n) is 3.23. The third kappa shape index (κ3) is 6.80. The van der Waals surface area contributed by atoms with Crippen LogP contribution in [0.25, 0.3) is 0 Å². The van der Waals surface area contributed by atoms with E-state index in [9.17, 15) is 13.2 Å². The quantitative estimate of drug-likeness (QED) is 0.355. The molecule has 33 heavy (non-hydrogen) atoms. The van der Waals surface area contributed by atoms with E-state index in [1.54, 1.807) is 30.3 Å². The van der Waals surface area contributed by atoms with Crippen molar-refractivity contribution in [1.82, 2.24) is 9.62 Å². The van der Waals surface area contributed by atoms with Gasteiger partial charge in [-0.3, -0.25) is 4.79 Å². The van der Waals surface area contributed by atoms with Gasteiger partial charge >= 0.3 is 0 Å². The summed E-state index contributed by atoms with van der Waals surface area (Å²) in [7, 11) is -3.95. The molecule has 1 amide bonds. The minimum absolute atomic E-state index is 0.0359. The second-order valence-corrected chi connectivity index (χ2v) is 11.3. The summed E-state index contributed by atoms with van der Waals surface area (Å²) < 4.78 is 28.9. The van der Waals surface area contributed by atoms with Gasteiger partial charge < -0.3 is 5.32 Å². The van der Waals surface area contributed by atoms with Crippen LogP contribution in [0.4, 0.5) is 0 Å². The van der Waals surface area contributed by atoms with Crippen molar-refractivity contribution < 1.29 is 13.2 Å². The van der Waals surface area contributed by atoms with Gasteiger partial charge in [0.25, 0.3) is 0 Å². The zero-order valence-electron chi connectivity index (χ0n) is 18.1. The summed E-state index contributed by atoms with van der Waals surface area (Å²) in [5, 5.41) is 3.56. The highest BCUT2D eigenvalue weighted by atomic mass is 79.9. The number of halogens is 3. The van der Waals surface area contributed by atoms with Crippen LogP contribution >= 0.6 is 39.1 Å². The van der Waals surface area contributed by atoms with Crippen LogP contribution in [0.5, 0.6) is 0 Å².